The van der Waals surface area contributed by atoms with E-state index in [1.807, 2.05) is 24.3 Å². The van der Waals surface area contributed by atoms with E-state index in [1.165, 1.54) is 24.3 Å². The summed E-state index contributed by atoms with van der Waals surface area (Å²) in [4.78, 5) is 0. The Hall–Kier alpha value is -3.01. The molecule has 2 aromatic rings. The molecule has 6 nitrogen and oxygen atoms in total. The fraction of sp³-hybridized carbons (Fsp3) is 0.333. The molecule has 9 heteroatoms. The molecule has 0 unspecified atom stereocenters. The van der Waals surface area contributed by atoms with Crippen LogP contribution in [-0.4, -0.2) is 52.9 Å². The van der Waals surface area contributed by atoms with Gasteiger partial charge in [-0.05, 0) is 42.0 Å². The molecule has 0 bridgehead atoms. The summed E-state index contributed by atoms with van der Waals surface area (Å²) in [5, 5.41) is 0. The van der Waals surface area contributed by atoms with Crippen LogP contribution in [0.1, 0.15) is 5.56 Å². The first kappa shape index (κ1) is 26.2. The Morgan fingerprint density at radius 3 is 1.42 bits per heavy atom. The summed E-state index contributed by atoms with van der Waals surface area (Å²) in [7, 11) is 0. The largest absolute Gasteiger partial charge is 0.491 e. The molecule has 180 valence electrons. The molecule has 0 aromatic heterocycles. The topological polar surface area (TPSA) is 55.4 Å². The van der Waals surface area contributed by atoms with Gasteiger partial charge in [-0.25, -0.2) is 0 Å². The van der Waals surface area contributed by atoms with Gasteiger partial charge in [0.15, 0.2) is 0 Å². The molecule has 0 heterocycles. The van der Waals surface area contributed by atoms with Crippen LogP contribution >= 0.6 is 0 Å². The lowest BCUT2D eigenvalue weighted by molar-refractivity contribution is 0.00499. The maximum Gasteiger partial charge on any atom is 0.344 e. The molecule has 0 aliphatic heterocycles. The minimum Gasteiger partial charge on any atom is -0.491 e. The zero-order valence-electron chi connectivity index (χ0n) is 18.1. The van der Waals surface area contributed by atoms with Gasteiger partial charge in [-0.15, -0.1) is 0 Å². The molecule has 0 atom stereocenters. The second-order valence-electron chi connectivity index (χ2n) is 6.41. The normalized spacial score (nSPS) is 10.5. The van der Waals surface area contributed by atoms with Gasteiger partial charge < -0.3 is 28.4 Å². The van der Waals surface area contributed by atoms with Crippen LogP contribution in [0.5, 0.6) is 17.2 Å². The van der Waals surface area contributed by atoms with E-state index < -0.39 is 12.1 Å². The van der Waals surface area contributed by atoms with Crippen molar-refractivity contribution in [2.75, 3.05) is 52.9 Å². The van der Waals surface area contributed by atoms with Gasteiger partial charge in [-0.1, -0.05) is 24.8 Å². The third-order valence-electron chi connectivity index (χ3n) is 4.03. The molecule has 33 heavy (non-hydrogen) atoms. The van der Waals surface area contributed by atoms with Crippen LogP contribution < -0.4 is 14.2 Å². The van der Waals surface area contributed by atoms with E-state index >= 15 is 0 Å². The van der Waals surface area contributed by atoms with Gasteiger partial charge in [0.25, 0.3) is 0 Å². The summed E-state index contributed by atoms with van der Waals surface area (Å²) in [6, 6.07) is 11.3. The zero-order valence-corrected chi connectivity index (χ0v) is 18.1. The highest BCUT2D eigenvalue weighted by molar-refractivity contribution is 5.48. The Morgan fingerprint density at radius 2 is 1.00 bits per heavy atom. The van der Waals surface area contributed by atoms with Crippen LogP contribution in [0.15, 0.2) is 67.2 Å². The fourth-order valence-electron chi connectivity index (χ4n) is 2.42. The third-order valence-corrected chi connectivity index (χ3v) is 4.03. The van der Waals surface area contributed by atoms with Crippen LogP contribution in [0.4, 0.5) is 13.2 Å². The van der Waals surface area contributed by atoms with Gasteiger partial charge in [0.2, 0.25) is 0 Å². The summed E-state index contributed by atoms with van der Waals surface area (Å²) in [5.74, 6) is 1.20. The van der Waals surface area contributed by atoms with Gasteiger partial charge in [0.05, 0.1) is 39.6 Å². The average Bonchev–Trinajstić information content (AvgIpc) is 2.83. The second kappa shape index (κ2) is 15.7. The van der Waals surface area contributed by atoms with Gasteiger partial charge in [-0.3, -0.25) is 0 Å². The van der Waals surface area contributed by atoms with Crippen molar-refractivity contribution >= 4 is 6.08 Å². The Balaban J connectivity index is 1.39. The van der Waals surface area contributed by atoms with E-state index in [4.69, 9.17) is 23.7 Å². The van der Waals surface area contributed by atoms with E-state index in [-0.39, 0.29) is 12.4 Å². The smallest absolute Gasteiger partial charge is 0.344 e. The quantitative estimate of drug-likeness (QED) is 0.234. The van der Waals surface area contributed by atoms with Crippen molar-refractivity contribution in [2.45, 2.75) is 0 Å². The van der Waals surface area contributed by atoms with E-state index in [9.17, 15) is 13.2 Å². The van der Waals surface area contributed by atoms with Crippen LogP contribution in [0.2, 0.25) is 0 Å². The Labute approximate surface area is 191 Å². The maximum absolute atomic E-state index is 12.7. The third kappa shape index (κ3) is 11.4. The molecule has 0 saturated heterocycles. The highest BCUT2D eigenvalue weighted by atomic mass is 19.3. The predicted molar refractivity (Wildman–Crippen MR) is 117 cm³/mol. The monoisotopic (exact) mass is 468 g/mol. The maximum atomic E-state index is 12.7. The van der Waals surface area contributed by atoms with Crippen molar-refractivity contribution in [3.8, 4) is 17.2 Å². The van der Waals surface area contributed by atoms with Crippen molar-refractivity contribution in [3.05, 3.63) is 72.8 Å². The summed E-state index contributed by atoms with van der Waals surface area (Å²) >= 11 is 0. The van der Waals surface area contributed by atoms with E-state index in [0.717, 1.165) is 11.3 Å². The molecule has 0 amide bonds. The first-order valence-electron chi connectivity index (χ1n) is 10.3. The Bertz CT molecular complexity index is 836. The number of hydrogen-bond acceptors (Lipinski definition) is 6. The van der Waals surface area contributed by atoms with Gasteiger partial charge in [0.1, 0.15) is 30.5 Å². The number of rotatable bonds is 17. The molecular weight excluding hydrogens is 441 g/mol. The van der Waals surface area contributed by atoms with Crippen LogP contribution in [0, 0.1) is 0 Å². The molecule has 0 saturated carbocycles. The Kier molecular flexibility index (Phi) is 12.5. The van der Waals surface area contributed by atoms with Crippen LogP contribution in [0.25, 0.3) is 6.08 Å². The fourth-order valence-corrected chi connectivity index (χ4v) is 2.42. The van der Waals surface area contributed by atoms with Gasteiger partial charge >= 0.3 is 12.1 Å². The molecule has 0 spiro atoms. The Morgan fingerprint density at radius 1 is 0.606 bits per heavy atom. The SMILES string of the molecule is C=Cc1ccc(OCCOCCOCCOCCOc2ccc(OC(F)=C(F)F)cc2)cc1. The zero-order chi connectivity index (χ0) is 23.7. The minimum absolute atomic E-state index is 0.0592. The number of ether oxygens (including phenoxy) is 6. The summed E-state index contributed by atoms with van der Waals surface area (Å²) in [6.07, 6.45) is -0.740. The van der Waals surface area contributed by atoms with Crippen LogP contribution in [-0.2, 0) is 14.2 Å². The second-order valence-corrected chi connectivity index (χ2v) is 6.41. The summed E-state index contributed by atoms with van der Waals surface area (Å²) in [6.45, 7) is 6.98. The van der Waals surface area contributed by atoms with E-state index in [1.54, 1.807) is 6.08 Å². The van der Waals surface area contributed by atoms with Crippen LogP contribution in [0.3, 0.4) is 0 Å². The highest BCUT2D eigenvalue weighted by Crippen LogP contribution is 2.21. The molecule has 0 fully saturated rings. The lowest BCUT2D eigenvalue weighted by atomic mass is 10.2. The number of hydrogen-bond donors (Lipinski definition) is 0. The molecule has 0 N–H and O–H groups in total. The van der Waals surface area contributed by atoms with Crippen molar-refractivity contribution in [1.82, 2.24) is 0 Å². The average molecular weight is 468 g/mol. The first-order valence-corrected chi connectivity index (χ1v) is 10.3. The van der Waals surface area contributed by atoms with Crippen molar-refractivity contribution < 1.29 is 41.6 Å². The van der Waals surface area contributed by atoms with E-state index in [2.05, 4.69) is 11.3 Å². The van der Waals surface area contributed by atoms with Crippen molar-refractivity contribution in [2.24, 2.45) is 0 Å². The molecule has 2 aromatic carbocycles. The predicted octanol–water partition coefficient (Wildman–Crippen LogP) is 5.25. The lowest BCUT2D eigenvalue weighted by Crippen LogP contribution is -2.14. The highest BCUT2D eigenvalue weighted by Gasteiger charge is 2.07. The molecule has 2 rings (SSSR count). The van der Waals surface area contributed by atoms with Crippen molar-refractivity contribution in [3.63, 3.8) is 0 Å². The standard InChI is InChI=1S/C24H27F3O6/c1-2-19-3-5-20(6-4-19)31-17-15-29-13-11-28-12-14-30-16-18-32-21-7-9-22(10-8-21)33-24(27)23(25)26/h2-10H,1,11-18H2. The van der Waals surface area contributed by atoms with Crippen molar-refractivity contribution in [1.29, 1.82) is 0 Å². The number of halogens is 3. The molecule has 0 aliphatic carbocycles. The number of benzene rings is 2. The van der Waals surface area contributed by atoms with Gasteiger partial charge in [0, 0.05) is 0 Å². The first-order chi connectivity index (χ1) is 16.1. The summed E-state index contributed by atoms with van der Waals surface area (Å²) < 4.78 is 68.2. The van der Waals surface area contributed by atoms with E-state index in [0.29, 0.717) is 52.0 Å². The molecular formula is C24H27F3O6. The summed E-state index contributed by atoms with van der Waals surface area (Å²) in [5.41, 5.74) is 1.04. The van der Waals surface area contributed by atoms with Gasteiger partial charge in [-0.2, -0.15) is 13.2 Å². The minimum atomic E-state index is -2.51. The molecule has 0 aliphatic rings. The lowest BCUT2D eigenvalue weighted by Gasteiger charge is -2.09. The molecule has 0 radical (unpaired) electrons.